The van der Waals surface area contributed by atoms with Crippen molar-refractivity contribution in [3.8, 4) is 11.1 Å². The Balaban J connectivity index is 1.69. The van der Waals surface area contributed by atoms with Crippen LogP contribution >= 0.6 is 38.6 Å². The number of hydrogen-bond acceptors (Lipinski definition) is 7. The van der Waals surface area contributed by atoms with E-state index < -0.39 is 5.97 Å². The molecule has 9 heteroatoms. The van der Waals surface area contributed by atoms with Crippen molar-refractivity contribution >= 4 is 71.4 Å². The molecular weight excluding hydrogens is 534 g/mol. The van der Waals surface area contributed by atoms with Crippen LogP contribution in [0.25, 0.3) is 21.3 Å². The maximum Gasteiger partial charge on any atom is 0.341 e. The van der Waals surface area contributed by atoms with Gasteiger partial charge in [-0.2, -0.15) is 0 Å². The third-order valence-corrected chi connectivity index (χ3v) is 7.67. The molecule has 34 heavy (non-hydrogen) atoms. The van der Waals surface area contributed by atoms with Gasteiger partial charge in [-0.05, 0) is 49.1 Å². The molecule has 0 atom stereocenters. The van der Waals surface area contributed by atoms with Crippen molar-refractivity contribution in [1.29, 1.82) is 0 Å². The molecule has 0 fully saturated rings. The first-order valence-electron chi connectivity index (χ1n) is 10.8. The summed E-state index contributed by atoms with van der Waals surface area (Å²) in [6.45, 7) is 6.26. The number of benzene rings is 1. The van der Waals surface area contributed by atoms with Gasteiger partial charge in [-0.25, -0.2) is 9.78 Å². The predicted molar refractivity (Wildman–Crippen MR) is 144 cm³/mol. The SMILES string of the molecule is CCOC(=O)c1c(-c2ccc(Br)cc2)csc1NC(=O)c1sc2nc(CC(C)C)ccc2c1N. The minimum atomic E-state index is -0.485. The number of amides is 1. The molecule has 3 N–H and O–H groups in total. The second-order valence-corrected chi connectivity index (χ2v) is 10.9. The van der Waals surface area contributed by atoms with Gasteiger partial charge in [-0.15, -0.1) is 22.7 Å². The van der Waals surface area contributed by atoms with Crippen molar-refractivity contribution in [3.05, 3.63) is 62.4 Å². The molecule has 1 aromatic carbocycles. The molecule has 3 aromatic heterocycles. The maximum absolute atomic E-state index is 13.2. The molecule has 0 unspecified atom stereocenters. The fourth-order valence-electron chi connectivity index (χ4n) is 3.59. The van der Waals surface area contributed by atoms with Gasteiger partial charge in [0.2, 0.25) is 0 Å². The number of nitrogens with two attached hydrogens (primary N) is 1. The van der Waals surface area contributed by atoms with Gasteiger partial charge in [-0.1, -0.05) is 41.9 Å². The number of fused-ring (bicyclic) bond motifs is 1. The summed E-state index contributed by atoms with van der Waals surface area (Å²) in [5, 5.41) is 5.92. The highest BCUT2D eigenvalue weighted by Crippen LogP contribution is 2.38. The average Bonchev–Trinajstić information content (AvgIpc) is 3.35. The maximum atomic E-state index is 13.2. The lowest BCUT2D eigenvalue weighted by atomic mass is 10.0. The van der Waals surface area contributed by atoms with Crippen LogP contribution in [-0.4, -0.2) is 23.5 Å². The summed E-state index contributed by atoms with van der Waals surface area (Å²) in [4.78, 5) is 31.9. The number of carbonyl (C=O) groups is 2. The van der Waals surface area contributed by atoms with Crippen molar-refractivity contribution in [2.75, 3.05) is 17.7 Å². The third kappa shape index (κ3) is 5.01. The highest BCUT2D eigenvalue weighted by molar-refractivity contribution is 9.10. The first-order chi connectivity index (χ1) is 16.3. The molecule has 0 aliphatic heterocycles. The molecule has 0 aliphatic carbocycles. The van der Waals surface area contributed by atoms with Gasteiger partial charge in [0.05, 0.1) is 12.3 Å². The van der Waals surface area contributed by atoms with E-state index in [1.807, 2.05) is 41.8 Å². The molecule has 3 heterocycles. The summed E-state index contributed by atoms with van der Waals surface area (Å²) < 4.78 is 6.23. The number of esters is 1. The van der Waals surface area contributed by atoms with E-state index in [1.165, 1.54) is 22.7 Å². The Morgan fingerprint density at radius 3 is 2.59 bits per heavy atom. The van der Waals surface area contributed by atoms with Crippen molar-refractivity contribution in [2.24, 2.45) is 5.92 Å². The third-order valence-electron chi connectivity index (χ3n) is 5.13. The Kier molecular flexibility index (Phi) is 7.35. The first kappa shape index (κ1) is 24.4. The lowest BCUT2D eigenvalue weighted by Crippen LogP contribution is -2.14. The molecule has 4 rings (SSSR count). The predicted octanol–water partition coefficient (Wildman–Crippen LogP) is 7.00. The minimum absolute atomic E-state index is 0.232. The van der Waals surface area contributed by atoms with Crippen LogP contribution in [-0.2, 0) is 11.2 Å². The molecule has 0 saturated carbocycles. The standard InChI is InChI=1S/C25H24BrN3O3S2/c1-4-32-25(31)19-18(14-5-7-15(26)8-6-14)12-33-24(19)29-22(30)21-20(27)17-10-9-16(11-13(2)3)28-23(17)34-21/h5-10,12-13H,4,11,27H2,1-3H3,(H,29,30). The molecule has 4 aromatic rings. The Morgan fingerprint density at radius 2 is 1.91 bits per heavy atom. The zero-order valence-electron chi connectivity index (χ0n) is 19.0. The van der Waals surface area contributed by atoms with Crippen LogP contribution in [0.2, 0.25) is 0 Å². The van der Waals surface area contributed by atoms with Gasteiger partial charge in [0.25, 0.3) is 5.91 Å². The number of thiophene rings is 2. The van der Waals surface area contributed by atoms with Gasteiger partial charge in [0.1, 0.15) is 20.3 Å². The van der Waals surface area contributed by atoms with Crippen LogP contribution in [0.5, 0.6) is 0 Å². The zero-order chi connectivity index (χ0) is 24.4. The molecule has 0 bridgehead atoms. The number of ether oxygens (including phenoxy) is 1. The number of nitrogens with zero attached hydrogens (tertiary/aromatic N) is 1. The van der Waals surface area contributed by atoms with Crippen LogP contribution in [0.4, 0.5) is 10.7 Å². The number of pyridine rings is 1. The van der Waals surface area contributed by atoms with Gasteiger partial charge in [0.15, 0.2) is 0 Å². The largest absolute Gasteiger partial charge is 0.462 e. The van der Waals surface area contributed by atoms with E-state index in [0.717, 1.165) is 32.4 Å². The average molecular weight is 559 g/mol. The molecule has 0 saturated heterocycles. The summed E-state index contributed by atoms with van der Waals surface area (Å²) in [5.41, 5.74) is 9.57. The minimum Gasteiger partial charge on any atom is -0.462 e. The Morgan fingerprint density at radius 1 is 1.18 bits per heavy atom. The number of aromatic nitrogens is 1. The van der Waals surface area contributed by atoms with E-state index in [9.17, 15) is 9.59 Å². The summed E-state index contributed by atoms with van der Waals surface area (Å²) in [5.74, 6) is -0.382. The quantitative estimate of drug-likeness (QED) is 0.238. The summed E-state index contributed by atoms with van der Waals surface area (Å²) >= 11 is 5.96. The van der Waals surface area contributed by atoms with Crippen LogP contribution < -0.4 is 11.1 Å². The number of nitrogens with one attached hydrogen (secondary N) is 1. The molecule has 1 amide bonds. The second-order valence-electron chi connectivity index (χ2n) is 8.13. The Hall–Kier alpha value is -2.75. The van der Waals surface area contributed by atoms with E-state index in [4.69, 9.17) is 15.5 Å². The zero-order valence-corrected chi connectivity index (χ0v) is 22.2. The van der Waals surface area contributed by atoms with Crippen molar-refractivity contribution < 1.29 is 14.3 Å². The van der Waals surface area contributed by atoms with Crippen molar-refractivity contribution in [3.63, 3.8) is 0 Å². The normalized spacial score (nSPS) is 11.2. The van der Waals surface area contributed by atoms with E-state index in [0.29, 0.717) is 32.6 Å². The number of nitrogen functional groups attached to an aromatic ring is 1. The number of rotatable bonds is 7. The lowest BCUT2D eigenvalue weighted by Gasteiger charge is -2.09. The van der Waals surface area contributed by atoms with Gasteiger partial charge in [0, 0.05) is 26.5 Å². The van der Waals surface area contributed by atoms with E-state index in [2.05, 4.69) is 35.1 Å². The molecule has 0 aliphatic rings. The van der Waals surface area contributed by atoms with E-state index in [1.54, 1.807) is 6.92 Å². The summed E-state index contributed by atoms with van der Waals surface area (Å²) in [6, 6.07) is 11.5. The fourth-order valence-corrected chi connectivity index (χ4v) is 5.82. The second kappa shape index (κ2) is 10.2. The monoisotopic (exact) mass is 557 g/mol. The van der Waals surface area contributed by atoms with Gasteiger partial charge in [-0.3, -0.25) is 4.79 Å². The topological polar surface area (TPSA) is 94.3 Å². The Labute approximate surface area is 214 Å². The van der Waals surface area contributed by atoms with Crippen LogP contribution in [0, 0.1) is 5.92 Å². The Bertz CT molecular complexity index is 1360. The lowest BCUT2D eigenvalue weighted by molar-refractivity contribution is 0.0529. The number of hydrogen-bond donors (Lipinski definition) is 2. The molecule has 176 valence electrons. The fraction of sp³-hybridized carbons (Fsp3) is 0.240. The van der Waals surface area contributed by atoms with Crippen LogP contribution in [0.3, 0.4) is 0 Å². The molecule has 0 radical (unpaired) electrons. The van der Waals surface area contributed by atoms with E-state index >= 15 is 0 Å². The smallest absolute Gasteiger partial charge is 0.341 e. The summed E-state index contributed by atoms with van der Waals surface area (Å²) in [6.07, 6.45) is 0.853. The number of halogens is 1. The van der Waals surface area contributed by atoms with Crippen LogP contribution in [0.1, 0.15) is 46.5 Å². The first-order valence-corrected chi connectivity index (χ1v) is 13.3. The van der Waals surface area contributed by atoms with Gasteiger partial charge >= 0.3 is 5.97 Å². The highest BCUT2D eigenvalue weighted by atomic mass is 79.9. The number of anilines is 2. The molecule has 6 nitrogen and oxygen atoms in total. The highest BCUT2D eigenvalue weighted by Gasteiger charge is 2.25. The summed E-state index contributed by atoms with van der Waals surface area (Å²) in [7, 11) is 0. The molecular formula is C25H24BrN3O3S2. The molecule has 0 spiro atoms. The van der Waals surface area contributed by atoms with Crippen LogP contribution in [0.15, 0.2) is 46.3 Å². The van der Waals surface area contributed by atoms with Crippen molar-refractivity contribution in [2.45, 2.75) is 27.2 Å². The van der Waals surface area contributed by atoms with E-state index in [-0.39, 0.29) is 12.5 Å². The number of carbonyl (C=O) groups excluding carboxylic acids is 2. The van der Waals surface area contributed by atoms with Gasteiger partial charge < -0.3 is 15.8 Å². The van der Waals surface area contributed by atoms with Crippen molar-refractivity contribution in [1.82, 2.24) is 4.98 Å².